The third-order valence-electron chi connectivity index (χ3n) is 4.21. The van der Waals surface area contributed by atoms with Crippen LogP contribution in [0.4, 0.5) is 5.69 Å². The number of H-pyrrole nitrogens is 1. The van der Waals surface area contributed by atoms with Crippen LogP contribution in [0.15, 0.2) is 54.7 Å². The summed E-state index contributed by atoms with van der Waals surface area (Å²) >= 11 is 0. The van der Waals surface area contributed by atoms with E-state index in [4.69, 9.17) is 0 Å². The number of carbonyl (C=O) groups is 2. The van der Waals surface area contributed by atoms with Crippen LogP contribution in [0.3, 0.4) is 0 Å². The molecule has 4 nitrogen and oxygen atoms in total. The zero-order valence-electron chi connectivity index (χ0n) is 11.8. The highest BCUT2D eigenvalue weighted by atomic mass is 16.2. The zero-order valence-corrected chi connectivity index (χ0v) is 11.8. The van der Waals surface area contributed by atoms with Crippen molar-refractivity contribution in [2.75, 3.05) is 11.9 Å². The van der Waals surface area contributed by atoms with Gasteiger partial charge in [-0.05, 0) is 17.7 Å². The molecule has 0 radical (unpaired) electrons. The molecule has 1 unspecified atom stereocenters. The summed E-state index contributed by atoms with van der Waals surface area (Å²) < 4.78 is 0. The second kappa shape index (κ2) is 4.84. The quantitative estimate of drug-likeness (QED) is 0.575. The average molecular weight is 290 g/mol. The number of Topliss-reactive ketones (excluding diaryl/α,β-unsaturated/α-hetero) is 2. The number of rotatable bonds is 3. The lowest BCUT2D eigenvalue weighted by Gasteiger charge is -2.07. The normalized spacial score (nSPS) is 16.3. The highest BCUT2D eigenvalue weighted by Crippen LogP contribution is 2.32. The number of carbonyl (C=O) groups excluding carboxylic acids is 2. The second-order valence-corrected chi connectivity index (χ2v) is 5.46. The average Bonchev–Trinajstić information content (AvgIpc) is 3.17. The minimum absolute atomic E-state index is 0.359. The Kier molecular flexibility index (Phi) is 2.82. The van der Waals surface area contributed by atoms with Crippen molar-refractivity contribution >= 4 is 28.2 Å². The maximum atomic E-state index is 12.6. The molecule has 0 fully saturated rings. The Bertz CT molecular complexity index is 895. The number of anilines is 1. The molecule has 0 amide bonds. The molecule has 0 aliphatic carbocycles. The van der Waals surface area contributed by atoms with Gasteiger partial charge in [0.1, 0.15) is 0 Å². The Morgan fingerprint density at radius 2 is 1.77 bits per heavy atom. The summed E-state index contributed by atoms with van der Waals surface area (Å²) in [5.41, 5.74) is 3.15. The van der Waals surface area contributed by atoms with Gasteiger partial charge in [0.05, 0.1) is 11.5 Å². The van der Waals surface area contributed by atoms with Crippen LogP contribution in [-0.4, -0.2) is 23.1 Å². The van der Waals surface area contributed by atoms with E-state index >= 15 is 0 Å². The first-order valence-corrected chi connectivity index (χ1v) is 7.23. The number of benzene rings is 2. The van der Waals surface area contributed by atoms with E-state index < -0.39 is 11.7 Å². The van der Waals surface area contributed by atoms with E-state index in [2.05, 4.69) is 10.3 Å². The van der Waals surface area contributed by atoms with Gasteiger partial charge >= 0.3 is 0 Å². The largest absolute Gasteiger partial charge is 0.384 e. The number of nitrogens with one attached hydrogen (secondary N) is 2. The number of aromatic amines is 1. The summed E-state index contributed by atoms with van der Waals surface area (Å²) in [6.07, 6.45) is 1.62. The van der Waals surface area contributed by atoms with E-state index in [0.717, 1.165) is 22.2 Å². The van der Waals surface area contributed by atoms with Crippen LogP contribution in [0.1, 0.15) is 21.8 Å². The van der Waals surface area contributed by atoms with Crippen LogP contribution in [-0.2, 0) is 4.79 Å². The Balaban J connectivity index is 1.71. The van der Waals surface area contributed by atoms with E-state index in [1.807, 2.05) is 48.5 Å². The summed E-state index contributed by atoms with van der Waals surface area (Å²) in [7, 11) is 0. The Labute approximate surface area is 127 Å². The summed E-state index contributed by atoms with van der Waals surface area (Å²) in [6.45, 7) is 0.478. The topological polar surface area (TPSA) is 62.0 Å². The van der Waals surface area contributed by atoms with E-state index in [0.29, 0.717) is 12.1 Å². The standard InChI is InChI=1S/C18H14N2O2/c21-17(13-9-19-15-7-3-1-5-11(13)15)18(22)14-10-20-16-8-4-2-6-12(14)16/h1-9,14,19-20H,10H2. The van der Waals surface area contributed by atoms with E-state index in [1.165, 1.54) is 0 Å². The van der Waals surface area contributed by atoms with Crippen molar-refractivity contribution in [3.8, 4) is 0 Å². The van der Waals surface area contributed by atoms with Crippen molar-refractivity contribution in [1.29, 1.82) is 0 Å². The monoisotopic (exact) mass is 290 g/mol. The number of aromatic nitrogens is 1. The maximum absolute atomic E-state index is 12.6. The van der Waals surface area contributed by atoms with Crippen molar-refractivity contribution in [3.05, 3.63) is 65.9 Å². The molecule has 22 heavy (non-hydrogen) atoms. The van der Waals surface area contributed by atoms with Crippen LogP contribution < -0.4 is 5.32 Å². The Morgan fingerprint density at radius 1 is 1.00 bits per heavy atom. The molecule has 4 rings (SSSR count). The molecule has 4 heteroatoms. The molecule has 2 heterocycles. The fourth-order valence-electron chi connectivity index (χ4n) is 3.07. The van der Waals surface area contributed by atoms with Crippen LogP contribution in [0.2, 0.25) is 0 Å². The van der Waals surface area contributed by atoms with Gasteiger partial charge in [0, 0.05) is 29.3 Å². The van der Waals surface area contributed by atoms with Gasteiger partial charge in [-0.2, -0.15) is 0 Å². The van der Waals surface area contributed by atoms with Crippen LogP contribution in [0.25, 0.3) is 10.9 Å². The number of fused-ring (bicyclic) bond motifs is 2. The van der Waals surface area contributed by atoms with Gasteiger partial charge in [0.15, 0.2) is 0 Å². The fraction of sp³-hybridized carbons (Fsp3) is 0.111. The summed E-state index contributed by atoms with van der Waals surface area (Å²) in [5.74, 6) is -1.19. The maximum Gasteiger partial charge on any atom is 0.231 e. The molecule has 1 atom stereocenters. The summed E-state index contributed by atoms with van der Waals surface area (Å²) in [5, 5.41) is 3.98. The minimum atomic E-state index is -0.430. The summed E-state index contributed by atoms with van der Waals surface area (Å²) in [6, 6.07) is 15.1. The fourth-order valence-corrected chi connectivity index (χ4v) is 3.07. The third-order valence-corrected chi connectivity index (χ3v) is 4.21. The predicted molar refractivity (Wildman–Crippen MR) is 85.3 cm³/mol. The number of hydrogen-bond acceptors (Lipinski definition) is 3. The third kappa shape index (κ3) is 1.84. The van der Waals surface area contributed by atoms with Gasteiger partial charge in [-0.15, -0.1) is 0 Å². The first-order chi connectivity index (χ1) is 10.8. The summed E-state index contributed by atoms with van der Waals surface area (Å²) in [4.78, 5) is 28.3. The van der Waals surface area contributed by atoms with Crippen molar-refractivity contribution < 1.29 is 9.59 Å². The van der Waals surface area contributed by atoms with E-state index in [1.54, 1.807) is 6.20 Å². The van der Waals surface area contributed by atoms with Gasteiger partial charge < -0.3 is 10.3 Å². The number of para-hydroxylation sites is 2. The molecule has 0 saturated heterocycles. The van der Waals surface area contributed by atoms with Crippen molar-refractivity contribution in [2.24, 2.45) is 0 Å². The molecule has 2 N–H and O–H groups in total. The van der Waals surface area contributed by atoms with Crippen molar-refractivity contribution in [3.63, 3.8) is 0 Å². The lowest BCUT2D eigenvalue weighted by atomic mass is 9.92. The molecule has 1 aliphatic rings. The Hall–Kier alpha value is -2.88. The molecule has 1 aliphatic heterocycles. The SMILES string of the molecule is O=C(C(=O)C1CNc2ccccc21)c1c[nH]c2ccccc12. The molecule has 3 aromatic rings. The molecular formula is C18H14N2O2. The first kappa shape index (κ1) is 12.8. The molecular weight excluding hydrogens is 276 g/mol. The molecule has 1 aromatic heterocycles. The van der Waals surface area contributed by atoms with Gasteiger partial charge in [-0.1, -0.05) is 36.4 Å². The Morgan fingerprint density at radius 3 is 2.68 bits per heavy atom. The van der Waals surface area contributed by atoms with Crippen LogP contribution in [0, 0.1) is 0 Å². The van der Waals surface area contributed by atoms with Crippen LogP contribution in [0.5, 0.6) is 0 Å². The number of hydrogen-bond donors (Lipinski definition) is 2. The van der Waals surface area contributed by atoms with Gasteiger partial charge in [0.2, 0.25) is 11.6 Å². The molecule has 0 bridgehead atoms. The predicted octanol–water partition coefficient (Wildman–Crippen LogP) is 3.13. The van der Waals surface area contributed by atoms with Crippen LogP contribution >= 0.6 is 0 Å². The van der Waals surface area contributed by atoms with E-state index in [9.17, 15) is 9.59 Å². The zero-order chi connectivity index (χ0) is 15.1. The lowest BCUT2D eigenvalue weighted by molar-refractivity contribution is -0.116. The van der Waals surface area contributed by atoms with Gasteiger partial charge in [0.25, 0.3) is 0 Å². The molecule has 2 aromatic carbocycles. The molecule has 0 saturated carbocycles. The molecule has 0 spiro atoms. The second-order valence-electron chi connectivity index (χ2n) is 5.46. The van der Waals surface area contributed by atoms with Crippen molar-refractivity contribution in [2.45, 2.75) is 5.92 Å². The van der Waals surface area contributed by atoms with E-state index in [-0.39, 0.29) is 5.78 Å². The lowest BCUT2D eigenvalue weighted by Crippen LogP contribution is -2.23. The van der Waals surface area contributed by atoms with Gasteiger partial charge in [-0.25, -0.2) is 0 Å². The first-order valence-electron chi connectivity index (χ1n) is 7.23. The number of ketones is 2. The van der Waals surface area contributed by atoms with Gasteiger partial charge in [-0.3, -0.25) is 9.59 Å². The highest BCUT2D eigenvalue weighted by molar-refractivity contribution is 6.47. The minimum Gasteiger partial charge on any atom is -0.384 e. The molecule has 108 valence electrons. The smallest absolute Gasteiger partial charge is 0.231 e. The van der Waals surface area contributed by atoms with Crippen molar-refractivity contribution in [1.82, 2.24) is 4.98 Å². The highest BCUT2D eigenvalue weighted by Gasteiger charge is 2.33.